The van der Waals surface area contributed by atoms with Gasteiger partial charge in [-0.1, -0.05) is 30.3 Å². The van der Waals surface area contributed by atoms with Crippen LogP contribution in [0.3, 0.4) is 0 Å². The molecule has 3 aromatic rings. The summed E-state index contributed by atoms with van der Waals surface area (Å²) in [6.07, 6.45) is 0.0233. The molecule has 8 heteroatoms. The van der Waals surface area contributed by atoms with Crippen LogP contribution < -0.4 is 5.32 Å². The van der Waals surface area contributed by atoms with Crippen LogP contribution in [0.5, 0.6) is 0 Å². The van der Waals surface area contributed by atoms with Gasteiger partial charge in [-0.2, -0.15) is 0 Å². The molecule has 1 aromatic heterocycles. The zero-order valence-electron chi connectivity index (χ0n) is 16.7. The molecule has 0 fully saturated rings. The minimum absolute atomic E-state index is 0.0233. The Morgan fingerprint density at radius 3 is 2.40 bits per heavy atom. The number of nitro benzene ring substituents is 1. The molecule has 0 unspecified atom stereocenters. The summed E-state index contributed by atoms with van der Waals surface area (Å²) in [5.74, 6) is -0.863. The molecular formula is C22H20N2O5S. The first-order valence-electron chi connectivity index (χ1n) is 9.10. The number of amides is 1. The highest BCUT2D eigenvalue weighted by Crippen LogP contribution is 2.37. The molecule has 2 aromatic carbocycles. The average Bonchev–Trinajstić information content (AvgIpc) is 3.13. The number of hydrogen-bond donors (Lipinski definition) is 1. The molecule has 7 nitrogen and oxygen atoms in total. The number of non-ortho nitro benzene ring substituents is 1. The minimum atomic E-state index is -0.532. The first-order valence-corrected chi connectivity index (χ1v) is 9.98. The summed E-state index contributed by atoms with van der Waals surface area (Å²) in [5.41, 5.74) is 4.70. The summed E-state index contributed by atoms with van der Waals surface area (Å²) in [7, 11) is 1.30. The van der Waals surface area contributed by atoms with Crippen LogP contribution in [0.15, 0.2) is 47.8 Å². The minimum Gasteiger partial charge on any atom is -0.465 e. The van der Waals surface area contributed by atoms with E-state index >= 15 is 0 Å². The monoisotopic (exact) mass is 424 g/mol. The first-order chi connectivity index (χ1) is 14.3. The van der Waals surface area contributed by atoms with Gasteiger partial charge in [-0.15, -0.1) is 11.3 Å². The molecule has 0 saturated heterocycles. The quantitative estimate of drug-likeness (QED) is 0.344. The second-order valence-electron chi connectivity index (χ2n) is 6.79. The molecule has 30 heavy (non-hydrogen) atoms. The Balaban J connectivity index is 1.85. The lowest BCUT2D eigenvalue weighted by Gasteiger charge is -2.09. The SMILES string of the molecule is COC(=O)c1c(-c2ccc(C)c(C)c2)csc1NC(=O)Cc1ccc([N+](=O)[O-])cc1. The number of benzene rings is 2. The zero-order chi connectivity index (χ0) is 21.8. The number of hydrogen-bond acceptors (Lipinski definition) is 6. The third-order valence-electron chi connectivity index (χ3n) is 4.76. The van der Waals surface area contributed by atoms with Crippen LogP contribution in [-0.4, -0.2) is 23.9 Å². The summed E-state index contributed by atoms with van der Waals surface area (Å²) in [6, 6.07) is 11.7. The number of nitrogens with zero attached hydrogens (tertiary/aromatic N) is 1. The van der Waals surface area contributed by atoms with Gasteiger partial charge in [0.1, 0.15) is 10.6 Å². The van der Waals surface area contributed by atoms with E-state index in [2.05, 4.69) is 5.32 Å². The van der Waals surface area contributed by atoms with E-state index in [9.17, 15) is 19.7 Å². The molecule has 1 amide bonds. The number of aryl methyl sites for hydroxylation is 2. The zero-order valence-corrected chi connectivity index (χ0v) is 17.5. The fraction of sp³-hybridized carbons (Fsp3) is 0.182. The van der Waals surface area contributed by atoms with Gasteiger partial charge in [-0.05, 0) is 36.1 Å². The number of methoxy groups -OCH3 is 1. The molecule has 0 bridgehead atoms. The Hall–Kier alpha value is -3.52. The van der Waals surface area contributed by atoms with Crippen LogP contribution in [0.2, 0.25) is 0 Å². The second kappa shape index (κ2) is 8.87. The molecule has 0 radical (unpaired) electrons. The molecule has 0 spiro atoms. The largest absolute Gasteiger partial charge is 0.465 e. The lowest BCUT2D eigenvalue weighted by atomic mass is 9.99. The Morgan fingerprint density at radius 1 is 1.10 bits per heavy atom. The van der Waals surface area contributed by atoms with Crippen LogP contribution in [0.1, 0.15) is 27.0 Å². The van der Waals surface area contributed by atoms with Crippen molar-refractivity contribution in [2.75, 3.05) is 12.4 Å². The third kappa shape index (κ3) is 4.55. The maximum atomic E-state index is 12.5. The van der Waals surface area contributed by atoms with Crippen molar-refractivity contribution in [3.63, 3.8) is 0 Å². The number of ether oxygens (including phenoxy) is 1. The molecule has 0 aliphatic heterocycles. The van der Waals surface area contributed by atoms with E-state index < -0.39 is 10.9 Å². The van der Waals surface area contributed by atoms with Gasteiger partial charge in [0.15, 0.2) is 0 Å². The molecule has 1 heterocycles. The standard InChI is InChI=1S/C22H20N2O5S/c1-13-4-7-16(10-14(13)2)18-12-30-21(20(18)22(26)29-3)23-19(25)11-15-5-8-17(9-6-15)24(27)28/h4-10,12H,11H2,1-3H3,(H,23,25). The Labute approximate surface area is 177 Å². The number of rotatable bonds is 6. The van der Waals surface area contributed by atoms with Crippen molar-refractivity contribution in [2.24, 2.45) is 0 Å². The number of carbonyl (C=O) groups is 2. The van der Waals surface area contributed by atoms with Crippen molar-refractivity contribution in [2.45, 2.75) is 20.3 Å². The van der Waals surface area contributed by atoms with Gasteiger partial charge in [0, 0.05) is 23.1 Å². The van der Waals surface area contributed by atoms with Crippen LogP contribution in [0, 0.1) is 24.0 Å². The van der Waals surface area contributed by atoms with Gasteiger partial charge in [-0.25, -0.2) is 4.79 Å². The van der Waals surface area contributed by atoms with Crippen molar-refractivity contribution in [1.29, 1.82) is 0 Å². The molecular weight excluding hydrogens is 404 g/mol. The fourth-order valence-electron chi connectivity index (χ4n) is 2.97. The maximum absolute atomic E-state index is 12.5. The Kier molecular flexibility index (Phi) is 6.27. The van der Waals surface area contributed by atoms with Crippen LogP contribution in [0.4, 0.5) is 10.7 Å². The smallest absolute Gasteiger partial charge is 0.341 e. The van der Waals surface area contributed by atoms with E-state index in [-0.39, 0.29) is 18.0 Å². The Morgan fingerprint density at radius 2 is 1.80 bits per heavy atom. The van der Waals surface area contributed by atoms with Gasteiger partial charge < -0.3 is 10.1 Å². The predicted molar refractivity (Wildman–Crippen MR) is 116 cm³/mol. The molecule has 3 rings (SSSR count). The lowest BCUT2D eigenvalue weighted by Crippen LogP contribution is -2.16. The Bertz CT molecular complexity index is 1120. The number of thiophene rings is 1. The molecule has 1 N–H and O–H groups in total. The first kappa shape index (κ1) is 21.2. The topological polar surface area (TPSA) is 98.5 Å². The summed E-state index contributed by atoms with van der Waals surface area (Å²) in [4.78, 5) is 35.2. The van der Waals surface area contributed by atoms with Gasteiger partial charge in [0.05, 0.1) is 18.5 Å². The van der Waals surface area contributed by atoms with E-state index in [1.165, 1.54) is 42.7 Å². The highest BCUT2D eigenvalue weighted by molar-refractivity contribution is 7.15. The lowest BCUT2D eigenvalue weighted by molar-refractivity contribution is -0.384. The summed E-state index contributed by atoms with van der Waals surface area (Å²) < 4.78 is 4.94. The number of anilines is 1. The molecule has 0 atom stereocenters. The van der Waals surface area contributed by atoms with E-state index in [1.54, 1.807) is 0 Å². The second-order valence-corrected chi connectivity index (χ2v) is 7.67. The van der Waals surface area contributed by atoms with E-state index in [4.69, 9.17) is 4.74 Å². The van der Waals surface area contributed by atoms with Crippen molar-refractivity contribution in [1.82, 2.24) is 0 Å². The molecule has 0 aliphatic rings. The van der Waals surface area contributed by atoms with Crippen molar-refractivity contribution < 1.29 is 19.2 Å². The normalized spacial score (nSPS) is 10.5. The van der Waals surface area contributed by atoms with E-state index in [0.717, 1.165) is 16.7 Å². The fourth-order valence-corrected chi connectivity index (χ4v) is 3.94. The van der Waals surface area contributed by atoms with Gasteiger partial charge in [-0.3, -0.25) is 14.9 Å². The number of nitrogens with one attached hydrogen (secondary N) is 1. The molecule has 154 valence electrons. The van der Waals surface area contributed by atoms with Gasteiger partial charge in [0.25, 0.3) is 5.69 Å². The van der Waals surface area contributed by atoms with Crippen molar-refractivity contribution in [3.05, 3.63) is 80.2 Å². The predicted octanol–water partition coefficient (Wildman–Crippen LogP) is 4.91. The van der Waals surface area contributed by atoms with E-state index in [0.29, 0.717) is 21.7 Å². The number of esters is 1. The van der Waals surface area contributed by atoms with Crippen LogP contribution >= 0.6 is 11.3 Å². The summed E-state index contributed by atoms with van der Waals surface area (Å²) in [6.45, 7) is 4.01. The van der Waals surface area contributed by atoms with Gasteiger partial charge in [0.2, 0.25) is 5.91 Å². The van der Waals surface area contributed by atoms with E-state index in [1.807, 2.05) is 37.4 Å². The highest BCUT2D eigenvalue weighted by atomic mass is 32.1. The van der Waals surface area contributed by atoms with Crippen LogP contribution in [-0.2, 0) is 16.0 Å². The maximum Gasteiger partial charge on any atom is 0.341 e. The number of nitro groups is 1. The summed E-state index contributed by atoms with van der Waals surface area (Å²) in [5, 5.41) is 15.7. The third-order valence-corrected chi connectivity index (χ3v) is 5.66. The van der Waals surface area contributed by atoms with Crippen molar-refractivity contribution >= 4 is 33.9 Å². The van der Waals surface area contributed by atoms with Crippen molar-refractivity contribution in [3.8, 4) is 11.1 Å². The molecule has 0 saturated carbocycles. The summed E-state index contributed by atoms with van der Waals surface area (Å²) >= 11 is 1.25. The average molecular weight is 424 g/mol. The van der Waals surface area contributed by atoms with Crippen LogP contribution in [0.25, 0.3) is 11.1 Å². The van der Waals surface area contributed by atoms with Gasteiger partial charge >= 0.3 is 5.97 Å². The molecule has 0 aliphatic carbocycles. The highest BCUT2D eigenvalue weighted by Gasteiger charge is 2.22. The number of carbonyl (C=O) groups excluding carboxylic acids is 2.